The van der Waals surface area contributed by atoms with Crippen LogP contribution in [0.4, 0.5) is 0 Å². The molecule has 0 aromatic heterocycles. The summed E-state index contributed by atoms with van der Waals surface area (Å²) in [6.45, 7) is 3.78. The number of rotatable bonds is 7. The molecule has 0 saturated heterocycles. The van der Waals surface area contributed by atoms with Gasteiger partial charge in [-0.3, -0.25) is 0 Å². The largest absolute Gasteiger partial charge is 0.395 e. The lowest BCUT2D eigenvalue weighted by molar-refractivity contribution is 0.280. The van der Waals surface area contributed by atoms with Crippen LogP contribution in [0.3, 0.4) is 0 Å². The molecule has 1 rings (SSSR count). The molecule has 84 valence electrons. The predicted octanol–water partition coefficient (Wildman–Crippen LogP) is 0.700. The Kier molecular flexibility index (Phi) is 6.00. The number of hydrogen-bond acceptors (Lipinski definition) is 3. The smallest absolute Gasteiger partial charge is 0.0555 e. The minimum atomic E-state index is 0.211. The Bertz CT molecular complexity index is 251. The molecule has 0 saturated carbocycles. The summed E-state index contributed by atoms with van der Waals surface area (Å²) in [5.41, 5.74) is 1.34. The summed E-state index contributed by atoms with van der Waals surface area (Å²) in [5.74, 6) is 0. The molecule has 0 radical (unpaired) electrons. The molecule has 0 aliphatic heterocycles. The van der Waals surface area contributed by atoms with E-state index >= 15 is 0 Å². The van der Waals surface area contributed by atoms with E-state index in [-0.39, 0.29) is 6.61 Å². The third-order valence-corrected chi connectivity index (χ3v) is 2.25. The molecule has 0 aliphatic rings. The first kappa shape index (κ1) is 12.2. The Morgan fingerprint density at radius 1 is 1.20 bits per heavy atom. The highest BCUT2D eigenvalue weighted by atomic mass is 16.3. The van der Waals surface area contributed by atoms with Crippen molar-refractivity contribution in [2.24, 2.45) is 0 Å². The highest BCUT2D eigenvalue weighted by molar-refractivity contribution is 5.14. The van der Waals surface area contributed by atoms with E-state index in [0.717, 1.165) is 19.6 Å². The third-order valence-electron chi connectivity index (χ3n) is 2.25. The maximum absolute atomic E-state index is 8.59. The van der Waals surface area contributed by atoms with Crippen LogP contribution >= 0.6 is 0 Å². The quantitative estimate of drug-likeness (QED) is 0.648. The van der Waals surface area contributed by atoms with Gasteiger partial charge in [0.15, 0.2) is 0 Å². The Morgan fingerprint density at radius 2 is 1.93 bits per heavy atom. The molecule has 0 fully saturated rings. The summed E-state index contributed by atoms with van der Waals surface area (Å²) in [4.78, 5) is 2.26. The highest BCUT2D eigenvalue weighted by Gasteiger charge is 1.98. The number of hydrogen-bond donors (Lipinski definition) is 2. The van der Waals surface area contributed by atoms with Crippen LogP contribution in [-0.4, -0.2) is 43.3 Å². The summed E-state index contributed by atoms with van der Waals surface area (Å²) in [5, 5.41) is 11.8. The lowest BCUT2D eigenvalue weighted by Gasteiger charge is -2.16. The highest BCUT2D eigenvalue weighted by Crippen LogP contribution is 2.01. The number of aliphatic hydroxyl groups is 1. The van der Waals surface area contributed by atoms with Crippen LogP contribution in [0.15, 0.2) is 30.3 Å². The topological polar surface area (TPSA) is 35.5 Å². The van der Waals surface area contributed by atoms with Gasteiger partial charge in [0, 0.05) is 26.2 Å². The van der Waals surface area contributed by atoms with Crippen molar-refractivity contribution in [2.45, 2.75) is 6.54 Å². The Hall–Kier alpha value is -0.900. The second-order valence-corrected chi connectivity index (χ2v) is 3.70. The van der Waals surface area contributed by atoms with Crippen LogP contribution < -0.4 is 5.32 Å². The average molecular weight is 208 g/mol. The standard InChI is InChI=1S/C12H20N2O/c1-14(9-7-13-8-10-15)11-12-5-3-2-4-6-12/h2-6,13,15H,7-11H2,1H3. The number of benzene rings is 1. The normalized spacial score (nSPS) is 10.9. The summed E-state index contributed by atoms with van der Waals surface area (Å²) in [6, 6.07) is 10.4. The Labute approximate surface area is 91.7 Å². The van der Waals surface area contributed by atoms with E-state index in [9.17, 15) is 0 Å². The first-order chi connectivity index (χ1) is 7.33. The molecule has 0 bridgehead atoms. The molecular weight excluding hydrogens is 188 g/mol. The van der Waals surface area contributed by atoms with Crippen LogP contribution in [0.2, 0.25) is 0 Å². The maximum Gasteiger partial charge on any atom is 0.0555 e. The van der Waals surface area contributed by atoms with E-state index in [4.69, 9.17) is 5.11 Å². The average Bonchev–Trinajstić information content (AvgIpc) is 2.26. The second-order valence-electron chi connectivity index (χ2n) is 3.70. The van der Waals surface area contributed by atoms with Crippen LogP contribution in [-0.2, 0) is 6.54 Å². The van der Waals surface area contributed by atoms with Crippen molar-refractivity contribution in [3.8, 4) is 0 Å². The summed E-state index contributed by atoms with van der Waals surface area (Å²) >= 11 is 0. The summed E-state index contributed by atoms with van der Waals surface area (Å²) in [6.07, 6.45) is 0. The van der Waals surface area contributed by atoms with Crippen LogP contribution in [0.25, 0.3) is 0 Å². The van der Waals surface area contributed by atoms with Crippen molar-refractivity contribution in [1.82, 2.24) is 10.2 Å². The fraction of sp³-hybridized carbons (Fsp3) is 0.500. The number of nitrogens with zero attached hydrogens (tertiary/aromatic N) is 1. The van der Waals surface area contributed by atoms with E-state index in [0.29, 0.717) is 6.54 Å². The first-order valence-electron chi connectivity index (χ1n) is 5.37. The SMILES string of the molecule is CN(CCNCCO)Cc1ccccc1. The van der Waals surface area contributed by atoms with Gasteiger partial charge in [-0.2, -0.15) is 0 Å². The van der Waals surface area contributed by atoms with Crippen LogP contribution in [0, 0.1) is 0 Å². The molecule has 3 heteroatoms. The molecule has 0 spiro atoms. The number of likely N-dealkylation sites (N-methyl/N-ethyl adjacent to an activating group) is 1. The molecule has 1 aromatic rings. The van der Waals surface area contributed by atoms with Gasteiger partial charge in [0.25, 0.3) is 0 Å². The molecule has 15 heavy (non-hydrogen) atoms. The summed E-state index contributed by atoms with van der Waals surface area (Å²) in [7, 11) is 2.10. The molecule has 1 aromatic carbocycles. The Morgan fingerprint density at radius 3 is 2.60 bits per heavy atom. The van der Waals surface area contributed by atoms with Gasteiger partial charge in [0.05, 0.1) is 6.61 Å². The van der Waals surface area contributed by atoms with Crippen molar-refractivity contribution in [2.75, 3.05) is 33.3 Å². The van der Waals surface area contributed by atoms with Gasteiger partial charge in [-0.05, 0) is 12.6 Å². The van der Waals surface area contributed by atoms with Crippen molar-refractivity contribution in [3.63, 3.8) is 0 Å². The Balaban J connectivity index is 2.16. The lowest BCUT2D eigenvalue weighted by atomic mass is 10.2. The minimum Gasteiger partial charge on any atom is -0.395 e. The molecule has 2 N–H and O–H groups in total. The predicted molar refractivity (Wildman–Crippen MR) is 62.7 cm³/mol. The molecule has 0 amide bonds. The lowest BCUT2D eigenvalue weighted by Crippen LogP contribution is -2.30. The van der Waals surface area contributed by atoms with E-state index in [1.807, 2.05) is 6.07 Å². The van der Waals surface area contributed by atoms with E-state index in [1.165, 1.54) is 5.56 Å². The first-order valence-corrected chi connectivity index (χ1v) is 5.37. The number of aliphatic hydroxyl groups excluding tert-OH is 1. The van der Waals surface area contributed by atoms with Crippen LogP contribution in [0.5, 0.6) is 0 Å². The fourth-order valence-corrected chi connectivity index (χ4v) is 1.45. The maximum atomic E-state index is 8.59. The third kappa shape index (κ3) is 5.52. The number of nitrogens with one attached hydrogen (secondary N) is 1. The van der Waals surface area contributed by atoms with Crippen molar-refractivity contribution in [1.29, 1.82) is 0 Å². The zero-order valence-corrected chi connectivity index (χ0v) is 9.32. The summed E-state index contributed by atoms with van der Waals surface area (Å²) < 4.78 is 0. The molecule has 0 atom stereocenters. The molecule has 3 nitrogen and oxygen atoms in total. The second kappa shape index (κ2) is 7.40. The monoisotopic (exact) mass is 208 g/mol. The van der Waals surface area contributed by atoms with Gasteiger partial charge < -0.3 is 15.3 Å². The van der Waals surface area contributed by atoms with E-state index in [2.05, 4.69) is 41.5 Å². The molecule has 0 aliphatic carbocycles. The van der Waals surface area contributed by atoms with Gasteiger partial charge in [0.2, 0.25) is 0 Å². The molecular formula is C12H20N2O. The van der Waals surface area contributed by atoms with E-state index in [1.54, 1.807) is 0 Å². The van der Waals surface area contributed by atoms with Gasteiger partial charge in [0.1, 0.15) is 0 Å². The zero-order valence-electron chi connectivity index (χ0n) is 9.32. The zero-order chi connectivity index (χ0) is 10.9. The van der Waals surface area contributed by atoms with Gasteiger partial charge in [-0.25, -0.2) is 0 Å². The van der Waals surface area contributed by atoms with Crippen molar-refractivity contribution in [3.05, 3.63) is 35.9 Å². The fourth-order valence-electron chi connectivity index (χ4n) is 1.45. The van der Waals surface area contributed by atoms with Crippen LogP contribution in [0.1, 0.15) is 5.56 Å². The van der Waals surface area contributed by atoms with Crippen molar-refractivity contribution < 1.29 is 5.11 Å². The van der Waals surface area contributed by atoms with Gasteiger partial charge >= 0.3 is 0 Å². The van der Waals surface area contributed by atoms with Gasteiger partial charge in [-0.15, -0.1) is 0 Å². The van der Waals surface area contributed by atoms with Gasteiger partial charge in [-0.1, -0.05) is 30.3 Å². The van der Waals surface area contributed by atoms with E-state index < -0.39 is 0 Å². The minimum absolute atomic E-state index is 0.211. The molecule has 0 unspecified atom stereocenters. The molecule has 0 heterocycles. The van der Waals surface area contributed by atoms with Crippen molar-refractivity contribution >= 4 is 0 Å².